The topological polar surface area (TPSA) is 72.2 Å². The third-order valence-electron chi connectivity index (χ3n) is 3.44. The first-order valence-electron chi connectivity index (χ1n) is 7.05. The molecule has 3 aromatic heterocycles. The zero-order valence-electron chi connectivity index (χ0n) is 12.7. The highest BCUT2D eigenvalue weighted by atomic mass is 32.1. The summed E-state index contributed by atoms with van der Waals surface area (Å²) < 4.78 is 1.95. The Hall–Kier alpha value is -2.28. The highest BCUT2D eigenvalue weighted by Gasteiger charge is 2.15. The highest BCUT2D eigenvalue weighted by Crippen LogP contribution is 2.17. The van der Waals surface area contributed by atoms with Crippen LogP contribution in [0, 0.1) is 13.8 Å². The standard InChI is InChI=1S/C15H17N5OS/c1-9-5-4-6-20-12(8-16-14(9)20)7-13(21)17-10(2)15-19-18-11(3)22-15/h4-6,8,10H,7H2,1-3H3,(H,17,21). The van der Waals surface area contributed by atoms with Gasteiger partial charge in [-0.1, -0.05) is 17.4 Å². The van der Waals surface area contributed by atoms with Gasteiger partial charge in [-0.3, -0.25) is 4.79 Å². The molecule has 0 aromatic carbocycles. The molecule has 0 radical (unpaired) electrons. The second kappa shape index (κ2) is 5.84. The molecule has 0 fully saturated rings. The Morgan fingerprint density at radius 2 is 2.23 bits per heavy atom. The second-order valence-corrected chi connectivity index (χ2v) is 6.47. The van der Waals surface area contributed by atoms with E-state index in [9.17, 15) is 4.79 Å². The molecule has 22 heavy (non-hydrogen) atoms. The van der Waals surface area contributed by atoms with Gasteiger partial charge in [0.2, 0.25) is 5.91 Å². The van der Waals surface area contributed by atoms with Crippen molar-refractivity contribution in [3.8, 4) is 0 Å². The second-order valence-electron chi connectivity index (χ2n) is 5.26. The molecule has 3 heterocycles. The van der Waals surface area contributed by atoms with E-state index in [-0.39, 0.29) is 18.4 Å². The summed E-state index contributed by atoms with van der Waals surface area (Å²) in [5.74, 6) is -0.0522. The number of carbonyl (C=O) groups is 1. The number of aromatic nitrogens is 4. The van der Waals surface area contributed by atoms with E-state index in [1.165, 1.54) is 11.3 Å². The van der Waals surface area contributed by atoms with Crippen LogP contribution >= 0.6 is 11.3 Å². The van der Waals surface area contributed by atoms with Crippen molar-refractivity contribution in [2.24, 2.45) is 0 Å². The van der Waals surface area contributed by atoms with Crippen molar-refractivity contribution in [2.75, 3.05) is 0 Å². The average molecular weight is 315 g/mol. The van der Waals surface area contributed by atoms with Crippen molar-refractivity contribution in [1.82, 2.24) is 24.9 Å². The van der Waals surface area contributed by atoms with Crippen molar-refractivity contribution in [2.45, 2.75) is 33.2 Å². The quantitative estimate of drug-likeness (QED) is 0.801. The van der Waals surface area contributed by atoms with Crippen LogP contribution in [-0.2, 0) is 11.2 Å². The molecule has 0 spiro atoms. The summed E-state index contributed by atoms with van der Waals surface area (Å²) in [6.45, 7) is 5.82. The van der Waals surface area contributed by atoms with E-state index in [2.05, 4.69) is 20.5 Å². The number of hydrogen-bond acceptors (Lipinski definition) is 5. The average Bonchev–Trinajstić information content (AvgIpc) is 3.07. The van der Waals surface area contributed by atoms with E-state index >= 15 is 0 Å². The Morgan fingerprint density at radius 3 is 2.95 bits per heavy atom. The first-order chi connectivity index (χ1) is 10.5. The van der Waals surface area contributed by atoms with Gasteiger partial charge in [-0.25, -0.2) is 4.98 Å². The Labute approximate surface area is 132 Å². The van der Waals surface area contributed by atoms with Gasteiger partial charge in [-0.2, -0.15) is 0 Å². The minimum Gasteiger partial charge on any atom is -0.347 e. The Kier molecular flexibility index (Phi) is 3.89. The Bertz CT molecular complexity index is 822. The van der Waals surface area contributed by atoms with Crippen molar-refractivity contribution >= 4 is 22.9 Å². The number of amides is 1. The number of carbonyl (C=O) groups excluding carboxylic acids is 1. The summed E-state index contributed by atoms with van der Waals surface area (Å²) in [6, 6.07) is 3.82. The molecule has 0 aliphatic carbocycles. The van der Waals surface area contributed by atoms with Gasteiger partial charge in [0.15, 0.2) is 0 Å². The minimum atomic E-state index is -0.139. The molecule has 3 aromatic rings. The molecule has 0 aliphatic heterocycles. The van der Waals surface area contributed by atoms with Crippen molar-refractivity contribution in [3.05, 3.63) is 45.8 Å². The third-order valence-corrected chi connectivity index (χ3v) is 4.46. The van der Waals surface area contributed by atoms with Gasteiger partial charge in [0.25, 0.3) is 0 Å². The van der Waals surface area contributed by atoms with Crippen molar-refractivity contribution < 1.29 is 4.79 Å². The summed E-state index contributed by atoms with van der Waals surface area (Å²) in [6.07, 6.45) is 3.96. The summed E-state index contributed by atoms with van der Waals surface area (Å²) in [4.78, 5) is 16.6. The molecular formula is C15H17N5OS. The van der Waals surface area contributed by atoms with Crippen LogP contribution in [0.15, 0.2) is 24.5 Å². The van der Waals surface area contributed by atoms with E-state index < -0.39 is 0 Å². The summed E-state index contributed by atoms with van der Waals surface area (Å²) in [7, 11) is 0. The third kappa shape index (κ3) is 2.85. The van der Waals surface area contributed by atoms with Crippen LogP contribution in [0.4, 0.5) is 0 Å². The molecular weight excluding hydrogens is 298 g/mol. The normalized spacial score (nSPS) is 12.5. The predicted octanol–water partition coefficient (Wildman–Crippen LogP) is 2.22. The number of pyridine rings is 1. The smallest absolute Gasteiger partial charge is 0.226 e. The number of imidazole rings is 1. The van der Waals surface area contributed by atoms with Crippen molar-refractivity contribution in [3.63, 3.8) is 0 Å². The molecule has 1 N–H and O–H groups in total. The van der Waals surface area contributed by atoms with Crippen molar-refractivity contribution in [1.29, 1.82) is 0 Å². The fourth-order valence-electron chi connectivity index (χ4n) is 2.34. The lowest BCUT2D eigenvalue weighted by Crippen LogP contribution is -2.28. The van der Waals surface area contributed by atoms with E-state index in [1.807, 2.05) is 43.5 Å². The lowest BCUT2D eigenvalue weighted by Gasteiger charge is -2.10. The predicted molar refractivity (Wildman–Crippen MR) is 84.8 cm³/mol. The van der Waals surface area contributed by atoms with E-state index in [0.717, 1.165) is 26.9 Å². The van der Waals surface area contributed by atoms with Crippen LogP contribution in [0.1, 0.15) is 34.2 Å². The number of nitrogens with one attached hydrogen (secondary N) is 1. The Morgan fingerprint density at radius 1 is 1.41 bits per heavy atom. The number of fused-ring (bicyclic) bond motifs is 1. The van der Waals surface area contributed by atoms with Gasteiger partial charge in [-0.15, -0.1) is 10.2 Å². The van der Waals surface area contributed by atoms with Crippen LogP contribution in [0.3, 0.4) is 0 Å². The fraction of sp³-hybridized carbons (Fsp3) is 0.333. The molecule has 0 saturated heterocycles. The molecule has 0 aliphatic rings. The number of nitrogens with zero attached hydrogens (tertiary/aromatic N) is 4. The van der Waals surface area contributed by atoms with E-state index in [0.29, 0.717) is 0 Å². The number of aryl methyl sites for hydroxylation is 2. The van der Waals surface area contributed by atoms with Crippen LogP contribution in [-0.4, -0.2) is 25.5 Å². The highest BCUT2D eigenvalue weighted by molar-refractivity contribution is 7.11. The van der Waals surface area contributed by atoms with Gasteiger partial charge < -0.3 is 9.72 Å². The summed E-state index contributed by atoms with van der Waals surface area (Å²) in [5, 5.41) is 12.7. The molecule has 0 bridgehead atoms. The van der Waals surface area contributed by atoms with Crippen LogP contribution in [0.2, 0.25) is 0 Å². The van der Waals surface area contributed by atoms with E-state index in [1.54, 1.807) is 6.20 Å². The number of hydrogen-bond donors (Lipinski definition) is 1. The lowest BCUT2D eigenvalue weighted by molar-refractivity contribution is -0.121. The Balaban J connectivity index is 1.72. The molecule has 1 amide bonds. The van der Waals surface area contributed by atoms with Gasteiger partial charge >= 0.3 is 0 Å². The van der Waals surface area contributed by atoms with Crippen LogP contribution in [0.25, 0.3) is 5.65 Å². The first-order valence-corrected chi connectivity index (χ1v) is 7.87. The first kappa shape index (κ1) is 14.6. The van der Waals surface area contributed by atoms with Crippen LogP contribution in [0.5, 0.6) is 0 Å². The van der Waals surface area contributed by atoms with Gasteiger partial charge in [0.1, 0.15) is 15.7 Å². The molecule has 114 valence electrons. The molecule has 1 atom stereocenters. The largest absolute Gasteiger partial charge is 0.347 e. The molecule has 3 rings (SSSR count). The monoisotopic (exact) mass is 315 g/mol. The van der Waals surface area contributed by atoms with Crippen LogP contribution < -0.4 is 5.32 Å². The van der Waals surface area contributed by atoms with Gasteiger partial charge in [0.05, 0.1) is 18.2 Å². The maximum absolute atomic E-state index is 12.2. The van der Waals surface area contributed by atoms with Gasteiger partial charge in [0, 0.05) is 12.4 Å². The number of rotatable bonds is 4. The van der Waals surface area contributed by atoms with Gasteiger partial charge in [-0.05, 0) is 32.4 Å². The zero-order valence-corrected chi connectivity index (χ0v) is 13.5. The summed E-state index contributed by atoms with van der Waals surface area (Å²) in [5.41, 5.74) is 2.85. The maximum atomic E-state index is 12.2. The lowest BCUT2D eigenvalue weighted by atomic mass is 10.2. The zero-order chi connectivity index (χ0) is 15.7. The molecule has 0 saturated carbocycles. The summed E-state index contributed by atoms with van der Waals surface area (Å²) >= 11 is 1.50. The molecule has 7 heteroatoms. The van der Waals surface area contributed by atoms with E-state index in [4.69, 9.17) is 0 Å². The SMILES string of the molecule is Cc1nnc(C(C)NC(=O)Cc2cnc3c(C)cccn23)s1. The molecule has 1 unspecified atom stereocenters. The maximum Gasteiger partial charge on any atom is 0.226 e. The molecule has 6 nitrogen and oxygen atoms in total. The minimum absolute atomic E-state index is 0.0522. The fourth-order valence-corrected chi connectivity index (χ4v) is 3.04.